The summed E-state index contributed by atoms with van der Waals surface area (Å²) in [5, 5.41) is 23.0. The molecule has 4 nitrogen and oxygen atoms in total. The molecule has 4 heteroatoms. The van der Waals surface area contributed by atoms with Crippen molar-refractivity contribution in [1.82, 2.24) is 5.32 Å². The topological polar surface area (TPSA) is 69.6 Å². The van der Waals surface area contributed by atoms with E-state index in [2.05, 4.69) is 92.1 Å². The van der Waals surface area contributed by atoms with Crippen molar-refractivity contribution >= 4 is 5.91 Å². The van der Waals surface area contributed by atoms with Gasteiger partial charge in [0.05, 0.1) is 18.8 Å². The van der Waals surface area contributed by atoms with Gasteiger partial charge in [0, 0.05) is 6.42 Å². The molecule has 0 aliphatic rings. The molecule has 0 saturated heterocycles. The van der Waals surface area contributed by atoms with E-state index in [0.717, 1.165) is 64.2 Å². The standard InChI is InChI=1S/C50H87NO3/c1-3-5-7-9-11-13-15-17-19-20-21-22-23-24-25-26-27-28-29-30-32-34-36-38-40-42-44-46-50(54)51-48(47-52)49(53)45-43-41-39-37-35-33-31-18-16-14-12-10-8-6-4-2/h5,7,11,13,16-19,21-22,35,37,43,45,48-49,52-53H,3-4,6,8-10,12,14-15,20,23-34,36,38-42,44,46-47H2,1-2H3,(H,51,54)/b7-5-,13-11-,18-16+,19-17-,22-21-,37-35+,45-43+. The lowest BCUT2D eigenvalue weighted by atomic mass is 10.0. The van der Waals surface area contributed by atoms with E-state index < -0.39 is 12.1 Å². The molecular formula is C50H87NO3. The van der Waals surface area contributed by atoms with Gasteiger partial charge in [0.1, 0.15) is 0 Å². The van der Waals surface area contributed by atoms with E-state index in [1.807, 2.05) is 6.08 Å². The predicted molar refractivity (Wildman–Crippen MR) is 239 cm³/mol. The van der Waals surface area contributed by atoms with E-state index in [4.69, 9.17) is 0 Å². The van der Waals surface area contributed by atoms with E-state index in [-0.39, 0.29) is 12.5 Å². The number of amides is 1. The fraction of sp³-hybridized carbons (Fsp3) is 0.700. The van der Waals surface area contributed by atoms with Crippen LogP contribution in [0, 0.1) is 0 Å². The molecule has 0 fully saturated rings. The van der Waals surface area contributed by atoms with Gasteiger partial charge in [0.15, 0.2) is 0 Å². The summed E-state index contributed by atoms with van der Waals surface area (Å²) in [5.74, 6) is -0.0826. The van der Waals surface area contributed by atoms with Gasteiger partial charge in [0.25, 0.3) is 0 Å². The molecule has 0 aromatic carbocycles. The normalized spacial score (nSPS) is 13.8. The van der Waals surface area contributed by atoms with E-state index in [1.54, 1.807) is 6.08 Å². The Kier molecular flexibility index (Phi) is 42.9. The highest BCUT2D eigenvalue weighted by Crippen LogP contribution is 2.14. The summed E-state index contributed by atoms with van der Waals surface area (Å²) in [4.78, 5) is 12.4. The lowest BCUT2D eigenvalue weighted by Gasteiger charge is -2.19. The Labute approximate surface area is 335 Å². The Bertz CT molecular complexity index is 988. The molecule has 3 N–H and O–H groups in total. The molecule has 0 saturated carbocycles. The van der Waals surface area contributed by atoms with Gasteiger partial charge in [-0.1, -0.05) is 202 Å². The van der Waals surface area contributed by atoms with Crippen LogP contribution < -0.4 is 5.32 Å². The number of allylic oxidation sites excluding steroid dienone is 13. The average molecular weight is 750 g/mol. The minimum Gasteiger partial charge on any atom is -0.394 e. The minimum atomic E-state index is -0.873. The Morgan fingerprint density at radius 2 is 0.833 bits per heavy atom. The Morgan fingerprint density at radius 3 is 1.30 bits per heavy atom. The third kappa shape index (κ3) is 40.7. The summed E-state index contributed by atoms with van der Waals surface area (Å²) < 4.78 is 0. The minimum absolute atomic E-state index is 0.0826. The van der Waals surface area contributed by atoms with Crippen LogP contribution in [0.1, 0.15) is 206 Å². The Hall–Kier alpha value is -2.43. The van der Waals surface area contributed by atoms with Crippen LogP contribution in [0.5, 0.6) is 0 Å². The molecule has 54 heavy (non-hydrogen) atoms. The highest BCUT2D eigenvalue weighted by atomic mass is 16.3. The monoisotopic (exact) mass is 750 g/mol. The van der Waals surface area contributed by atoms with Crippen LogP contribution in [0.15, 0.2) is 85.1 Å². The highest BCUT2D eigenvalue weighted by Gasteiger charge is 2.17. The molecule has 0 rings (SSSR count). The summed E-state index contributed by atoms with van der Waals surface area (Å²) in [7, 11) is 0. The van der Waals surface area contributed by atoms with Crippen molar-refractivity contribution in [1.29, 1.82) is 0 Å². The Morgan fingerprint density at radius 1 is 0.463 bits per heavy atom. The van der Waals surface area contributed by atoms with Crippen LogP contribution in [0.3, 0.4) is 0 Å². The van der Waals surface area contributed by atoms with Crippen LogP contribution in [-0.4, -0.2) is 34.9 Å². The zero-order valence-corrected chi connectivity index (χ0v) is 35.5. The fourth-order valence-electron chi connectivity index (χ4n) is 6.38. The molecule has 0 aromatic rings. The number of nitrogens with one attached hydrogen (secondary N) is 1. The average Bonchev–Trinajstić information content (AvgIpc) is 3.18. The van der Waals surface area contributed by atoms with Crippen molar-refractivity contribution in [2.45, 2.75) is 219 Å². The molecule has 0 radical (unpaired) electrons. The largest absolute Gasteiger partial charge is 0.394 e. The number of hydrogen-bond acceptors (Lipinski definition) is 3. The van der Waals surface area contributed by atoms with Crippen molar-refractivity contribution in [2.24, 2.45) is 0 Å². The second kappa shape index (κ2) is 45.0. The first-order valence-electron chi connectivity index (χ1n) is 22.8. The van der Waals surface area contributed by atoms with Crippen molar-refractivity contribution < 1.29 is 15.0 Å². The predicted octanol–water partition coefficient (Wildman–Crippen LogP) is 14.5. The maximum atomic E-state index is 12.4. The number of rotatable bonds is 40. The first-order valence-corrected chi connectivity index (χ1v) is 22.8. The van der Waals surface area contributed by atoms with Gasteiger partial charge in [-0.3, -0.25) is 4.79 Å². The molecule has 2 unspecified atom stereocenters. The number of unbranched alkanes of at least 4 members (excludes halogenated alkanes) is 21. The smallest absolute Gasteiger partial charge is 0.220 e. The molecule has 0 bridgehead atoms. The molecule has 2 atom stereocenters. The maximum Gasteiger partial charge on any atom is 0.220 e. The van der Waals surface area contributed by atoms with Crippen molar-refractivity contribution in [3.05, 3.63) is 85.1 Å². The fourth-order valence-corrected chi connectivity index (χ4v) is 6.38. The molecule has 0 heterocycles. The lowest BCUT2D eigenvalue weighted by molar-refractivity contribution is -0.123. The van der Waals surface area contributed by atoms with Gasteiger partial charge in [-0.2, -0.15) is 0 Å². The lowest BCUT2D eigenvalue weighted by Crippen LogP contribution is -2.45. The molecule has 1 amide bonds. The number of aliphatic hydroxyl groups excluding tert-OH is 2. The van der Waals surface area contributed by atoms with Crippen molar-refractivity contribution in [3.63, 3.8) is 0 Å². The number of carbonyl (C=O) groups excluding carboxylic acids is 1. The summed E-state index contributed by atoms with van der Waals surface area (Å²) >= 11 is 0. The molecule has 0 aromatic heterocycles. The van der Waals surface area contributed by atoms with Gasteiger partial charge >= 0.3 is 0 Å². The second-order valence-corrected chi connectivity index (χ2v) is 15.1. The first kappa shape index (κ1) is 51.6. The first-order chi connectivity index (χ1) is 26.7. The highest BCUT2D eigenvalue weighted by molar-refractivity contribution is 5.76. The summed E-state index contributed by atoms with van der Waals surface area (Å²) in [5.41, 5.74) is 0. The van der Waals surface area contributed by atoms with Crippen molar-refractivity contribution in [2.75, 3.05) is 6.61 Å². The van der Waals surface area contributed by atoms with Crippen LogP contribution in [0.25, 0.3) is 0 Å². The zero-order valence-electron chi connectivity index (χ0n) is 35.5. The van der Waals surface area contributed by atoms with E-state index in [1.165, 1.54) is 122 Å². The van der Waals surface area contributed by atoms with Gasteiger partial charge < -0.3 is 15.5 Å². The summed E-state index contributed by atoms with van der Waals surface area (Å²) in [6.45, 7) is 4.16. The quantitative estimate of drug-likeness (QED) is 0.0431. The number of aliphatic hydroxyl groups is 2. The van der Waals surface area contributed by atoms with Crippen molar-refractivity contribution in [3.8, 4) is 0 Å². The van der Waals surface area contributed by atoms with Crippen LogP contribution in [0.2, 0.25) is 0 Å². The summed E-state index contributed by atoms with van der Waals surface area (Å²) in [6.07, 6.45) is 65.5. The van der Waals surface area contributed by atoms with Gasteiger partial charge in [-0.05, 0) is 83.5 Å². The third-order valence-electron chi connectivity index (χ3n) is 9.84. The van der Waals surface area contributed by atoms with Crippen LogP contribution in [0.4, 0.5) is 0 Å². The molecular weight excluding hydrogens is 663 g/mol. The second-order valence-electron chi connectivity index (χ2n) is 15.1. The SMILES string of the molecule is CC/C=C\C/C=C\C/C=C\C/C=C\CCCCCCCCCCCCCCCCC(=O)NC(CO)C(O)/C=C/CC/C=C/CC/C=C/CCCCCCC. The number of carbonyl (C=O) groups is 1. The van der Waals surface area contributed by atoms with E-state index >= 15 is 0 Å². The summed E-state index contributed by atoms with van der Waals surface area (Å²) in [6, 6.07) is -0.649. The molecule has 0 aliphatic carbocycles. The molecule has 0 aliphatic heterocycles. The van der Waals surface area contributed by atoms with E-state index in [9.17, 15) is 15.0 Å². The number of hydrogen-bond donors (Lipinski definition) is 3. The maximum absolute atomic E-state index is 12.4. The Balaban J connectivity index is 3.59. The van der Waals surface area contributed by atoms with Gasteiger partial charge in [-0.15, -0.1) is 0 Å². The van der Waals surface area contributed by atoms with Crippen LogP contribution in [-0.2, 0) is 4.79 Å². The molecule has 310 valence electrons. The third-order valence-corrected chi connectivity index (χ3v) is 9.84. The molecule has 0 spiro atoms. The van der Waals surface area contributed by atoms with Gasteiger partial charge in [0.2, 0.25) is 5.91 Å². The zero-order chi connectivity index (χ0) is 39.3. The van der Waals surface area contributed by atoms with E-state index in [0.29, 0.717) is 6.42 Å². The van der Waals surface area contributed by atoms with Crippen LogP contribution >= 0.6 is 0 Å². The van der Waals surface area contributed by atoms with Gasteiger partial charge in [-0.25, -0.2) is 0 Å².